The van der Waals surface area contributed by atoms with Crippen LogP contribution in [-0.2, 0) is 0 Å². The number of hydrogen-bond acceptors (Lipinski definition) is 4. The lowest BCUT2D eigenvalue weighted by Gasteiger charge is -2.04. The molecule has 0 unspecified atom stereocenters. The van der Waals surface area contributed by atoms with Gasteiger partial charge in [-0.1, -0.05) is 12.1 Å². The van der Waals surface area contributed by atoms with Gasteiger partial charge in [0.25, 0.3) is 5.91 Å². The Hall–Kier alpha value is -3.67. The molecule has 0 saturated carbocycles. The maximum atomic E-state index is 13.3. The number of nitrogens with zero attached hydrogens (tertiary/aromatic N) is 1. The average molecular weight is 362 g/mol. The molecule has 0 spiro atoms. The zero-order valence-electron chi connectivity index (χ0n) is 14.4. The molecular formula is C21H15FN2O3. The third kappa shape index (κ3) is 3.50. The van der Waals surface area contributed by atoms with E-state index in [1.807, 2.05) is 24.3 Å². The molecule has 1 N–H and O–H groups in total. The highest BCUT2D eigenvalue weighted by Gasteiger charge is 2.12. The van der Waals surface area contributed by atoms with Gasteiger partial charge in [0, 0.05) is 16.8 Å². The van der Waals surface area contributed by atoms with E-state index in [0.29, 0.717) is 28.4 Å². The molecule has 0 radical (unpaired) electrons. The summed E-state index contributed by atoms with van der Waals surface area (Å²) in [6, 6.07) is 18.1. The SMILES string of the molecule is COc1cccc(-c2nc3cc(NC(=O)c4cccc(F)c4)ccc3o2)c1. The number of benzene rings is 3. The van der Waals surface area contributed by atoms with Gasteiger partial charge in [-0.25, -0.2) is 9.37 Å². The first kappa shape index (κ1) is 16.8. The predicted molar refractivity (Wildman–Crippen MR) is 100 cm³/mol. The molecule has 0 bridgehead atoms. The standard InChI is InChI=1S/C21H15FN2O3/c1-26-17-7-3-5-14(11-17)21-24-18-12-16(8-9-19(18)27-21)23-20(25)13-4-2-6-15(22)10-13/h2-12H,1H3,(H,23,25). The summed E-state index contributed by atoms with van der Waals surface area (Å²) in [6.07, 6.45) is 0. The first-order valence-corrected chi connectivity index (χ1v) is 8.24. The van der Waals surface area contributed by atoms with Crippen molar-refractivity contribution in [1.82, 2.24) is 4.98 Å². The molecular weight excluding hydrogens is 347 g/mol. The Morgan fingerprint density at radius 3 is 2.74 bits per heavy atom. The van der Waals surface area contributed by atoms with Crippen molar-refractivity contribution in [1.29, 1.82) is 0 Å². The number of carbonyl (C=O) groups excluding carboxylic acids is 1. The molecule has 6 heteroatoms. The highest BCUT2D eigenvalue weighted by Crippen LogP contribution is 2.28. The number of carbonyl (C=O) groups is 1. The van der Waals surface area contributed by atoms with Crippen molar-refractivity contribution in [3.05, 3.63) is 78.1 Å². The minimum Gasteiger partial charge on any atom is -0.497 e. The van der Waals surface area contributed by atoms with Gasteiger partial charge in [0.2, 0.25) is 5.89 Å². The highest BCUT2D eigenvalue weighted by atomic mass is 19.1. The largest absolute Gasteiger partial charge is 0.497 e. The number of methoxy groups -OCH3 is 1. The number of rotatable bonds is 4. The Morgan fingerprint density at radius 2 is 1.93 bits per heavy atom. The maximum absolute atomic E-state index is 13.3. The monoisotopic (exact) mass is 362 g/mol. The molecule has 1 amide bonds. The Morgan fingerprint density at radius 1 is 1.07 bits per heavy atom. The van der Waals surface area contributed by atoms with Crippen LogP contribution in [0.5, 0.6) is 5.75 Å². The molecule has 0 fully saturated rings. The fraction of sp³-hybridized carbons (Fsp3) is 0.0476. The van der Waals surface area contributed by atoms with Crippen LogP contribution < -0.4 is 10.1 Å². The molecule has 134 valence electrons. The summed E-state index contributed by atoms with van der Waals surface area (Å²) in [7, 11) is 1.60. The molecule has 0 atom stereocenters. The van der Waals surface area contributed by atoms with Crippen LogP contribution in [0.15, 0.2) is 71.1 Å². The minimum atomic E-state index is -0.461. The Bertz CT molecular complexity index is 1140. The molecule has 1 aromatic heterocycles. The van der Waals surface area contributed by atoms with Gasteiger partial charge in [0.05, 0.1) is 7.11 Å². The second-order valence-corrected chi connectivity index (χ2v) is 5.90. The zero-order valence-corrected chi connectivity index (χ0v) is 14.4. The van der Waals surface area contributed by atoms with Crippen LogP contribution in [0.4, 0.5) is 10.1 Å². The maximum Gasteiger partial charge on any atom is 0.255 e. The molecule has 3 aromatic carbocycles. The summed E-state index contributed by atoms with van der Waals surface area (Å²) in [5, 5.41) is 2.74. The number of aromatic nitrogens is 1. The van der Waals surface area contributed by atoms with E-state index in [1.165, 1.54) is 18.2 Å². The number of amides is 1. The average Bonchev–Trinajstić information content (AvgIpc) is 3.11. The summed E-state index contributed by atoms with van der Waals surface area (Å²) >= 11 is 0. The number of fused-ring (bicyclic) bond motifs is 1. The van der Waals surface area contributed by atoms with E-state index in [-0.39, 0.29) is 5.56 Å². The number of oxazole rings is 1. The van der Waals surface area contributed by atoms with Crippen LogP contribution in [0.2, 0.25) is 0 Å². The molecule has 5 nitrogen and oxygen atoms in total. The molecule has 4 rings (SSSR count). The lowest BCUT2D eigenvalue weighted by Crippen LogP contribution is -2.11. The topological polar surface area (TPSA) is 64.4 Å². The van der Waals surface area contributed by atoms with Gasteiger partial charge in [0.15, 0.2) is 5.58 Å². The van der Waals surface area contributed by atoms with Crippen molar-refractivity contribution in [2.75, 3.05) is 12.4 Å². The predicted octanol–water partition coefficient (Wildman–Crippen LogP) is 4.89. The zero-order chi connectivity index (χ0) is 18.8. The van der Waals surface area contributed by atoms with E-state index >= 15 is 0 Å². The first-order valence-electron chi connectivity index (χ1n) is 8.24. The van der Waals surface area contributed by atoms with E-state index in [9.17, 15) is 9.18 Å². The van der Waals surface area contributed by atoms with Crippen molar-refractivity contribution in [3.63, 3.8) is 0 Å². The normalized spacial score (nSPS) is 10.7. The summed E-state index contributed by atoms with van der Waals surface area (Å²) in [4.78, 5) is 16.7. The minimum absolute atomic E-state index is 0.243. The second-order valence-electron chi connectivity index (χ2n) is 5.90. The third-order valence-electron chi connectivity index (χ3n) is 4.05. The second kappa shape index (κ2) is 6.92. The van der Waals surface area contributed by atoms with E-state index < -0.39 is 11.7 Å². The van der Waals surface area contributed by atoms with Gasteiger partial charge < -0.3 is 14.5 Å². The van der Waals surface area contributed by atoms with Gasteiger partial charge in [-0.2, -0.15) is 0 Å². The quantitative estimate of drug-likeness (QED) is 0.561. The molecule has 27 heavy (non-hydrogen) atoms. The fourth-order valence-electron chi connectivity index (χ4n) is 2.72. The van der Waals surface area contributed by atoms with Gasteiger partial charge >= 0.3 is 0 Å². The molecule has 1 heterocycles. The molecule has 0 aliphatic heterocycles. The van der Waals surface area contributed by atoms with Gasteiger partial charge in [0.1, 0.15) is 17.1 Å². The highest BCUT2D eigenvalue weighted by molar-refractivity contribution is 6.04. The van der Waals surface area contributed by atoms with E-state index in [0.717, 1.165) is 5.56 Å². The number of anilines is 1. The van der Waals surface area contributed by atoms with Gasteiger partial charge in [-0.15, -0.1) is 0 Å². The fourth-order valence-corrected chi connectivity index (χ4v) is 2.72. The van der Waals surface area contributed by atoms with Crippen LogP contribution >= 0.6 is 0 Å². The molecule has 0 saturated heterocycles. The van der Waals surface area contributed by atoms with Gasteiger partial charge in [-0.05, 0) is 54.6 Å². The lowest BCUT2D eigenvalue weighted by molar-refractivity contribution is 0.102. The van der Waals surface area contributed by atoms with Crippen molar-refractivity contribution in [2.45, 2.75) is 0 Å². The summed E-state index contributed by atoms with van der Waals surface area (Å²) in [6.45, 7) is 0. The summed E-state index contributed by atoms with van der Waals surface area (Å²) < 4.78 is 24.3. The number of nitrogens with one attached hydrogen (secondary N) is 1. The third-order valence-corrected chi connectivity index (χ3v) is 4.05. The number of halogens is 1. The first-order chi connectivity index (χ1) is 13.1. The van der Waals surface area contributed by atoms with Crippen molar-refractivity contribution < 1.29 is 18.3 Å². The number of ether oxygens (including phenoxy) is 1. The van der Waals surface area contributed by atoms with Crippen molar-refractivity contribution >= 4 is 22.7 Å². The Labute approximate surface area is 154 Å². The summed E-state index contributed by atoms with van der Waals surface area (Å²) in [5.41, 5.74) is 2.77. The summed E-state index contributed by atoms with van der Waals surface area (Å²) in [5.74, 6) is 0.304. The lowest BCUT2D eigenvalue weighted by atomic mass is 10.2. The molecule has 0 aliphatic carbocycles. The Kier molecular flexibility index (Phi) is 4.30. The van der Waals surface area contributed by atoms with Crippen molar-refractivity contribution in [2.24, 2.45) is 0 Å². The van der Waals surface area contributed by atoms with Crippen LogP contribution in [0, 0.1) is 5.82 Å². The van der Waals surface area contributed by atoms with E-state index in [2.05, 4.69) is 10.3 Å². The van der Waals surface area contributed by atoms with Crippen LogP contribution in [0.1, 0.15) is 10.4 Å². The van der Waals surface area contributed by atoms with Gasteiger partial charge in [-0.3, -0.25) is 4.79 Å². The van der Waals surface area contributed by atoms with Crippen LogP contribution in [0.3, 0.4) is 0 Å². The number of hydrogen-bond donors (Lipinski definition) is 1. The van der Waals surface area contributed by atoms with Crippen molar-refractivity contribution in [3.8, 4) is 17.2 Å². The molecule has 4 aromatic rings. The smallest absolute Gasteiger partial charge is 0.255 e. The van der Waals surface area contributed by atoms with E-state index in [4.69, 9.17) is 9.15 Å². The van der Waals surface area contributed by atoms with E-state index in [1.54, 1.807) is 31.4 Å². The van der Waals surface area contributed by atoms with Crippen LogP contribution in [-0.4, -0.2) is 18.0 Å². The Balaban J connectivity index is 1.61. The molecule has 0 aliphatic rings. The van der Waals surface area contributed by atoms with Crippen LogP contribution in [0.25, 0.3) is 22.6 Å².